The molecule has 2 atom stereocenters. The molecule has 0 bridgehead atoms. The van der Waals surface area contributed by atoms with Gasteiger partial charge in [-0.3, -0.25) is 4.79 Å². The number of hydrogen-bond acceptors (Lipinski definition) is 3. The van der Waals surface area contributed by atoms with Crippen molar-refractivity contribution in [3.8, 4) is 5.75 Å². The number of benzene rings is 1. The Balaban J connectivity index is 2.93. The monoisotopic (exact) mass is 326 g/mol. The van der Waals surface area contributed by atoms with Crippen LogP contribution in [0.25, 0.3) is 0 Å². The molecule has 0 heterocycles. The van der Waals surface area contributed by atoms with Crippen LogP contribution in [0.15, 0.2) is 18.2 Å². The number of methoxy groups -OCH3 is 1. The van der Waals surface area contributed by atoms with Crippen molar-refractivity contribution >= 4 is 17.5 Å². The Morgan fingerprint density at radius 2 is 2.05 bits per heavy atom. The number of carbonyl (C=O) groups is 1. The fourth-order valence-electron chi connectivity index (χ4n) is 2.34. The second-order valence-electron chi connectivity index (χ2n) is 6.15. The van der Waals surface area contributed by atoms with E-state index in [-0.39, 0.29) is 18.0 Å². The molecule has 0 fully saturated rings. The minimum Gasteiger partial charge on any atom is -0.496 e. The largest absolute Gasteiger partial charge is 0.496 e. The average Bonchev–Trinajstić information content (AvgIpc) is 2.44. The zero-order valence-electron chi connectivity index (χ0n) is 13.9. The maximum atomic E-state index is 12.2. The summed E-state index contributed by atoms with van der Waals surface area (Å²) in [6, 6.07) is 5.39. The molecule has 2 unspecified atom stereocenters. The van der Waals surface area contributed by atoms with Crippen LogP contribution in [-0.2, 0) is 4.79 Å². The molecular formula is C17H27ClN2O2. The van der Waals surface area contributed by atoms with E-state index in [4.69, 9.17) is 22.1 Å². The summed E-state index contributed by atoms with van der Waals surface area (Å²) < 4.78 is 5.41. The molecule has 1 amide bonds. The first kappa shape index (κ1) is 18.8. The summed E-state index contributed by atoms with van der Waals surface area (Å²) in [6.45, 7) is 6.15. The van der Waals surface area contributed by atoms with Gasteiger partial charge in [-0.15, -0.1) is 0 Å². The summed E-state index contributed by atoms with van der Waals surface area (Å²) >= 11 is 6.11. The topological polar surface area (TPSA) is 64.3 Å². The average molecular weight is 327 g/mol. The molecular weight excluding hydrogens is 300 g/mol. The van der Waals surface area contributed by atoms with Gasteiger partial charge in [-0.2, -0.15) is 0 Å². The van der Waals surface area contributed by atoms with Gasteiger partial charge in [-0.1, -0.05) is 25.4 Å². The number of nitrogens with one attached hydrogen (secondary N) is 1. The zero-order chi connectivity index (χ0) is 16.7. The summed E-state index contributed by atoms with van der Waals surface area (Å²) in [6.07, 6.45) is 1.92. The molecule has 5 heteroatoms. The van der Waals surface area contributed by atoms with E-state index in [9.17, 15) is 4.79 Å². The Kier molecular flexibility index (Phi) is 7.69. The molecule has 1 rings (SSSR count). The van der Waals surface area contributed by atoms with E-state index >= 15 is 0 Å². The van der Waals surface area contributed by atoms with Crippen LogP contribution in [0.3, 0.4) is 0 Å². The van der Waals surface area contributed by atoms with Crippen molar-refractivity contribution in [2.75, 3.05) is 7.11 Å². The van der Waals surface area contributed by atoms with Crippen LogP contribution in [0.1, 0.15) is 51.6 Å². The van der Waals surface area contributed by atoms with Gasteiger partial charge in [0, 0.05) is 23.0 Å². The Bertz CT molecular complexity index is 490. The lowest BCUT2D eigenvalue weighted by atomic mass is 9.96. The quantitative estimate of drug-likeness (QED) is 0.766. The smallest absolute Gasteiger partial charge is 0.220 e. The van der Waals surface area contributed by atoms with Gasteiger partial charge in [-0.25, -0.2) is 0 Å². The van der Waals surface area contributed by atoms with E-state index < -0.39 is 0 Å². The van der Waals surface area contributed by atoms with Gasteiger partial charge in [-0.05, 0) is 43.9 Å². The number of carbonyl (C=O) groups excluding carboxylic acids is 1. The highest BCUT2D eigenvalue weighted by molar-refractivity contribution is 6.30. The van der Waals surface area contributed by atoms with Gasteiger partial charge in [0.15, 0.2) is 0 Å². The van der Waals surface area contributed by atoms with Crippen LogP contribution in [0.5, 0.6) is 5.75 Å². The SMILES string of the molecule is COc1ccc(Cl)cc1C(CC(C)C)NC(=O)CCC(C)N. The molecule has 0 aromatic heterocycles. The van der Waals surface area contributed by atoms with Crippen LogP contribution in [0.2, 0.25) is 5.02 Å². The van der Waals surface area contributed by atoms with E-state index in [2.05, 4.69) is 19.2 Å². The van der Waals surface area contributed by atoms with Crippen molar-refractivity contribution < 1.29 is 9.53 Å². The van der Waals surface area contributed by atoms with Gasteiger partial charge in [0.1, 0.15) is 5.75 Å². The molecule has 0 saturated heterocycles. The van der Waals surface area contributed by atoms with Crippen molar-refractivity contribution in [2.45, 2.75) is 52.1 Å². The molecule has 0 aliphatic carbocycles. The molecule has 0 aliphatic rings. The van der Waals surface area contributed by atoms with Gasteiger partial charge < -0.3 is 15.8 Å². The lowest BCUT2D eigenvalue weighted by Crippen LogP contribution is -2.31. The molecule has 1 aromatic rings. The lowest BCUT2D eigenvalue weighted by Gasteiger charge is -2.23. The third-order valence-electron chi connectivity index (χ3n) is 3.44. The number of amides is 1. The van der Waals surface area contributed by atoms with Gasteiger partial charge in [0.2, 0.25) is 5.91 Å². The minimum absolute atomic E-state index is 0.00461. The Labute approximate surface area is 138 Å². The third kappa shape index (κ3) is 6.24. The normalized spacial score (nSPS) is 13.8. The molecule has 0 saturated carbocycles. The predicted molar refractivity (Wildman–Crippen MR) is 91.2 cm³/mol. The van der Waals surface area contributed by atoms with Crippen molar-refractivity contribution in [3.05, 3.63) is 28.8 Å². The number of halogens is 1. The number of rotatable bonds is 8. The predicted octanol–water partition coefficient (Wildman–Crippen LogP) is 3.68. The standard InChI is InChI=1S/C17H27ClN2O2/c1-11(2)9-15(20-17(21)8-5-12(3)19)14-10-13(18)6-7-16(14)22-4/h6-7,10-12,15H,5,8-9,19H2,1-4H3,(H,20,21). The Morgan fingerprint density at radius 1 is 1.36 bits per heavy atom. The molecule has 1 aromatic carbocycles. The van der Waals surface area contributed by atoms with Gasteiger partial charge >= 0.3 is 0 Å². The second-order valence-corrected chi connectivity index (χ2v) is 6.59. The van der Waals surface area contributed by atoms with Crippen LogP contribution < -0.4 is 15.8 Å². The van der Waals surface area contributed by atoms with E-state index in [1.165, 1.54) is 0 Å². The van der Waals surface area contributed by atoms with Crippen LogP contribution in [0.4, 0.5) is 0 Å². The molecule has 124 valence electrons. The zero-order valence-corrected chi connectivity index (χ0v) is 14.6. The van der Waals surface area contributed by atoms with E-state index in [0.717, 1.165) is 17.7 Å². The molecule has 0 aliphatic heterocycles. The third-order valence-corrected chi connectivity index (χ3v) is 3.67. The van der Waals surface area contributed by atoms with E-state index in [0.29, 0.717) is 23.8 Å². The first-order valence-electron chi connectivity index (χ1n) is 7.71. The summed E-state index contributed by atoms with van der Waals surface area (Å²) in [7, 11) is 1.62. The molecule has 22 heavy (non-hydrogen) atoms. The van der Waals surface area contributed by atoms with Crippen LogP contribution >= 0.6 is 11.6 Å². The second kappa shape index (κ2) is 9.01. The van der Waals surface area contributed by atoms with Gasteiger partial charge in [0.25, 0.3) is 0 Å². The first-order valence-corrected chi connectivity index (χ1v) is 8.09. The maximum Gasteiger partial charge on any atom is 0.220 e. The van der Waals surface area contributed by atoms with Crippen LogP contribution in [0, 0.1) is 5.92 Å². The highest BCUT2D eigenvalue weighted by Gasteiger charge is 2.20. The fourth-order valence-corrected chi connectivity index (χ4v) is 2.52. The summed E-state index contributed by atoms with van der Waals surface area (Å²) in [4.78, 5) is 12.2. The fraction of sp³-hybridized carbons (Fsp3) is 0.588. The highest BCUT2D eigenvalue weighted by Crippen LogP contribution is 2.32. The highest BCUT2D eigenvalue weighted by atomic mass is 35.5. The molecule has 4 nitrogen and oxygen atoms in total. The van der Waals surface area contributed by atoms with Crippen molar-refractivity contribution in [1.82, 2.24) is 5.32 Å². The first-order chi connectivity index (χ1) is 10.3. The molecule has 0 spiro atoms. The molecule has 3 N–H and O–H groups in total. The Hall–Kier alpha value is -1.26. The lowest BCUT2D eigenvalue weighted by molar-refractivity contribution is -0.122. The summed E-state index contributed by atoms with van der Waals surface area (Å²) in [5.74, 6) is 1.18. The summed E-state index contributed by atoms with van der Waals surface area (Å²) in [5, 5.41) is 3.72. The van der Waals surface area contributed by atoms with E-state index in [1.807, 2.05) is 19.1 Å². The number of nitrogens with two attached hydrogens (primary N) is 1. The van der Waals surface area contributed by atoms with Crippen molar-refractivity contribution in [3.63, 3.8) is 0 Å². The maximum absolute atomic E-state index is 12.2. The van der Waals surface area contributed by atoms with Gasteiger partial charge in [0.05, 0.1) is 13.2 Å². The summed E-state index contributed by atoms with van der Waals surface area (Å²) in [5.41, 5.74) is 6.63. The molecule has 0 radical (unpaired) electrons. The minimum atomic E-state index is -0.116. The number of hydrogen-bond donors (Lipinski definition) is 2. The van der Waals surface area contributed by atoms with Crippen molar-refractivity contribution in [1.29, 1.82) is 0 Å². The van der Waals surface area contributed by atoms with Crippen LogP contribution in [-0.4, -0.2) is 19.1 Å². The Morgan fingerprint density at radius 3 is 2.59 bits per heavy atom. The van der Waals surface area contributed by atoms with E-state index in [1.54, 1.807) is 13.2 Å². The number of ether oxygens (including phenoxy) is 1. The van der Waals surface area contributed by atoms with Crippen molar-refractivity contribution in [2.24, 2.45) is 11.7 Å².